The van der Waals surface area contributed by atoms with E-state index in [4.69, 9.17) is 9.25 Å². The Morgan fingerprint density at radius 3 is 2.07 bits per heavy atom. The summed E-state index contributed by atoms with van der Waals surface area (Å²) >= 11 is 0. The molecule has 0 spiro atoms. The van der Waals surface area contributed by atoms with Gasteiger partial charge in [-0.05, 0) is 0 Å². The number of carboxylic acid groups (broad SMARTS) is 1. The second kappa shape index (κ2) is 7.03. The van der Waals surface area contributed by atoms with E-state index >= 15 is 0 Å². The molecule has 1 atom stereocenters. The number of nitrogens with zero attached hydrogens (tertiary/aromatic N) is 2. The highest BCUT2D eigenvalue weighted by atomic mass is 16.7. The molecule has 1 aliphatic rings. The molecular formula is C21H16N2O7. The maximum absolute atomic E-state index is 12.9. The average Bonchev–Trinajstić information content (AvgIpc) is 3.08. The zero-order chi connectivity index (χ0) is 21.5. The predicted octanol–water partition coefficient (Wildman–Crippen LogP) is 1.88. The highest BCUT2D eigenvalue weighted by Gasteiger charge is 2.64. The lowest BCUT2D eigenvalue weighted by Crippen LogP contribution is -2.72. The molecule has 0 radical (unpaired) electrons. The molecule has 1 fully saturated rings. The van der Waals surface area contributed by atoms with Crippen LogP contribution in [0, 0.1) is 0 Å². The van der Waals surface area contributed by atoms with Crippen molar-refractivity contribution in [3.05, 3.63) is 71.2 Å². The number of carbonyl (C=O) groups is 3. The Bertz CT molecular complexity index is 1200. The van der Waals surface area contributed by atoms with Crippen molar-refractivity contribution in [2.45, 2.75) is 12.5 Å². The van der Waals surface area contributed by atoms with Crippen LogP contribution in [0.2, 0.25) is 0 Å². The summed E-state index contributed by atoms with van der Waals surface area (Å²) in [6, 6.07) is 17.2. The molecule has 0 aliphatic carbocycles. The standard InChI is InChI=1S/C21H16N2O7/c1-13(24)30-22-12-21(18(22)25,19(26)27)23-16(14-8-4-2-5-9-14)17(29-20(23)28)15-10-6-3-7-11-15/h2-11H,12H2,1H3,(H,26,27). The number of hydroxylamine groups is 2. The van der Waals surface area contributed by atoms with Crippen molar-refractivity contribution in [2.24, 2.45) is 0 Å². The lowest BCUT2D eigenvalue weighted by Gasteiger charge is -2.43. The summed E-state index contributed by atoms with van der Waals surface area (Å²) in [6.45, 7) is 0.551. The fraction of sp³-hybridized carbons (Fsp3) is 0.143. The van der Waals surface area contributed by atoms with E-state index in [1.165, 1.54) is 0 Å². The number of hydrogen-bond donors (Lipinski definition) is 1. The number of benzene rings is 2. The van der Waals surface area contributed by atoms with E-state index in [1.54, 1.807) is 60.7 Å². The first-order valence-corrected chi connectivity index (χ1v) is 8.97. The zero-order valence-electron chi connectivity index (χ0n) is 15.8. The average molecular weight is 408 g/mol. The maximum atomic E-state index is 12.9. The number of aliphatic carboxylic acids is 1. The molecule has 1 saturated heterocycles. The van der Waals surface area contributed by atoms with Gasteiger partial charge in [-0.15, -0.1) is 0 Å². The summed E-state index contributed by atoms with van der Waals surface area (Å²) in [7, 11) is 0. The van der Waals surface area contributed by atoms with Crippen molar-refractivity contribution < 1.29 is 28.7 Å². The van der Waals surface area contributed by atoms with Crippen LogP contribution in [0.25, 0.3) is 22.6 Å². The van der Waals surface area contributed by atoms with Crippen molar-refractivity contribution in [1.29, 1.82) is 0 Å². The highest BCUT2D eigenvalue weighted by Crippen LogP contribution is 2.39. The summed E-state index contributed by atoms with van der Waals surface area (Å²) in [6.07, 6.45) is 0. The smallest absolute Gasteiger partial charge is 0.421 e. The molecule has 1 unspecified atom stereocenters. The van der Waals surface area contributed by atoms with Crippen molar-refractivity contribution in [3.63, 3.8) is 0 Å². The molecule has 1 aliphatic heterocycles. The van der Waals surface area contributed by atoms with Crippen molar-refractivity contribution in [1.82, 2.24) is 9.63 Å². The largest absolute Gasteiger partial charge is 0.479 e. The summed E-state index contributed by atoms with van der Waals surface area (Å²) in [5.41, 5.74) is -1.13. The first-order valence-electron chi connectivity index (χ1n) is 8.97. The van der Waals surface area contributed by atoms with Gasteiger partial charge < -0.3 is 14.4 Å². The molecule has 1 amide bonds. The van der Waals surface area contributed by atoms with Gasteiger partial charge >= 0.3 is 17.7 Å². The highest BCUT2D eigenvalue weighted by molar-refractivity contribution is 6.09. The van der Waals surface area contributed by atoms with Crippen molar-refractivity contribution >= 4 is 17.8 Å². The quantitative estimate of drug-likeness (QED) is 0.506. The topological polar surface area (TPSA) is 119 Å². The Labute approximate surface area is 169 Å². The van der Waals surface area contributed by atoms with Gasteiger partial charge in [-0.2, -0.15) is 5.06 Å². The van der Waals surface area contributed by atoms with Crippen LogP contribution >= 0.6 is 0 Å². The molecular weight excluding hydrogens is 392 g/mol. The van der Waals surface area contributed by atoms with Crippen LogP contribution in [0.5, 0.6) is 0 Å². The van der Waals surface area contributed by atoms with E-state index in [2.05, 4.69) is 0 Å². The molecule has 0 saturated carbocycles. The van der Waals surface area contributed by atoms with Crippen molar-refractivity contribution in [3.8, 4) is 22.6 Å². The molecule has 152 valence electrons. The lowest BCUT2D eigenvalue weighted by atomic mass is 9.89. The van der Waals surface area contributed by atoms with Gasteiger partial charge in [0.25, 0.3) is 11.4 Å². The van der Waals surface area contributed by atoms with E-state index < -0.39 is 35.7 Å². The van der Waals surface area contributed by atoms with Gasteiger partial charge in [0.15, 0.2) is 5.76 Å². The number of aromatic nitrogens is 1. The van der Waals surface area contributed by atoms with Crippen LogP contribution in [0.15, 0.2) is 69.9 Å². The van der Waals surface area contributed by atoms with Gasteiger partial charge in [0, 0.05) is 18.1 Å². The van der Waals surface area contributed by atoms with Crippen LogP contribution in [0.1, 0.15) is 6.92 Å². The Hall–Kier alpha value is -4.14. The summed E-state index contributed by atoms with van der Waals surface area (Å²) in [5, 5.41) is 10.6. The minimum absolute atomic E-state index is 0.131. The van der Waals surface area contributed by atoms with Gasteiger partial charge in [-0.3, -0.25) is 9.59 Å². The van der Waals surface area contributed by atoms with E-state index in [0.717, 1.165) is 11.5 Å². The second-order valence-electron chi connectivity index (χ2n) is 6.70. The first-order chi connectivity index (χ1) is 14.4. The molecule has 2 heterocycles. The van der Waals surface area contributed by atoms with Crippen LogP contribution in [0.3, 0.4) is 0 Å². The Balaban J connectivity index is 1.97. The van der Waals surface area contributed by atoms with Gasteiger partial charge in [-0.1, -0.05) is 60.7 Å². The molecule has 30 heavy (non-hydrogen) atoms. The van der Waals surface area contributed by atoms with Gasteiger partial charge in [-0.25, -0.2) is 14.2 Å². The molecule has 9 heteroatoms. The number of carboxylic acids is 1. The molecule has 9 nitrogen and oxygen atoms in total. The predicted molar refractivity (Wildman–Crippen MR) is 103 cm³/mol. The number of β-lactam (4-membered cyclic amide) rings is 1. The van der Waals surface area contributed by atoms with Crippen LogP contribution < -0.4 is 5.76 Å². The van der Waals surface area contributed by atoms with E-state index in [9.17, 15) is 24.3 Å². The minimum atomic E-state index is -2.30. The summed E-state index contributed by atoms with van der Waals surface area (Å²) < 4.78 is 6.28. The molecule has 2 aromatic carbocycles. The summed E-state index contributed by atoms with van der Waals surface area (Å²) in [4.78, 5) is 53.9. The fourth-order valence-corrected chi connectivity index (χ4v) is 3.47. The Morgan fingerprint density at radius 1 is 1.00 bits per heavy atom. The van der Waals surface area contributed by atoms with Crippen molar-refractivity contribution in [2.75, 3.05) is 6.54 Å². The number of oxazole rings is 1. The second-order valence-corrected chi connectivity index (χ2v) is 6.70. The van der Waals surface area contributed by atoms with Crippen LogP contribution in [0.4, 0.5) is 0 Å². The molecule has 4 rings (SSSR count). The zero-order valence-corrected chi connectivity index (χ0v) is 15.8. The molecule has 1 aromatic heterocycles. The summed E-state index contributed by atoms with van der Waals surface area (Å²) in [5.74, 6) is -4.27. The third kappa shape index (κ3) is 2.79. The fourth-order valence-electron chi connectivity index (χ4n) is 3.47. The lowest BCUT2D eigenvalue weighted by molar-refractivity contribution is -0.233. The Kier molecular flexibility index (Phi) is 4.50. The van der Waals surface area contributed by atoms with E-state index in [1.807, 2.05) is 0 Å². The number of hydrogen-bond acceptors (Lipinski definition) is 6. The SMILES string of the molecule is CC(=O)ON1CC(C(=O)O)(n2c(-c3ccccc3)c(-c3ccccc3)oc2=O)C1=O. The minimum Gasteiger partial charge on any atom is -0.479 e. The van der Waals surface area contributed by atoms with Crippen LogP contribution in [-0.4, -0.2) is 39.1 Å². The van der Waals surface area contributed by atoms with Gasteiger partial charge in [0.05, 0.1) is 5.69 Å². The van der Waals surface area contributed by atoms with E-state index in [0.29, 0.717) is 16.2 Å². The molecule has 1 N–H and O–H groups in total. The monoisotopic (exact) mass is 408 g/mol. The van der Waals surface area contributed by atoms with Crippen LogP contribution in [-0.2, 0) is 24.8 Å². The third-order valence-corrected chi connectivity index (χ3v) is 4.82. The Morgan fingerprint density at radius 2 is 1.57 bits per heavy atom. The maximum Gasteiger partial charge on any atom is 0.421 e. The normalized spacial score (nSPS) is 18.0. The molecule has 0 bridgehead atoms. The number of amides is 1. The first kappa shape index (κ1) is 19.2. The van der Waals surface area contributed by atoms with E-state index in [-0.39, 0.29) is 11.5 Å². The third-order valence-electron chi connectivity index (χ3n) is 4.82. The van der Waals surface area contributed by atoms with Gasteiger partial charge in [0.2, 0.25) is 0 Å². The number of rotatable bonds is 5. The van der Waals surface area contributed by atoms with Gasteiger partial charge in [0.1, 0.15) is 6.54 Å². The number of carbonyl (C=O) groups excluding carboxylic acids is 2. The molecule has 3 aromatic rings.